The fourth-order valence-corrected chi connectivity index (χ4v) is 0.999. The molecular weight excluding hydrogens is 139 g/mol. The molecule has 0 radical (unpaired) electrons. The van der Waals surface area contributed by atoms with Gasteiger partial charge in [-0.1, -0.05) is 31.1 Å². The van der Waals surface area contributed by atoms with E-state index in [0.29, 0.717) is 11.0 Å². The molecule has 2 nitrogen and oxygen atoms in total. The topological polar surface area (TPSA) is 37.3 Å². The van der Waals surface area contributed by atoms with Crippen LogP contribution >= 0.6 is 0 Å². The second-order valence-electron chi connectivity index (χ2n) is 2.42. The molecule has 0 amide bonds. The van der Waals surface area contributed by atoms with Crippen molar-refractivity contribution in [2.75, 3.05) is 0 Å². The van der Waals surface area contributed by atoms with Crippen LogP contribution in [0.5, 0.6) is 0 Å². The van der Waals surface area contributed by atoms with E-state index in [0.717, 1.165) is 6.29 Å². The molecule has 0 bridgehead atoms. The van der Waals surface area contributed by atoms with Crippen LogP contribution in [0.15, 0.2) is 24.3 Å². The summed E-state index contributed by atoms with van der Waals surface area (Å²) in [5, 5.41) is 9.18. The predicted octanol–water partition coefficient (Wildman–Crippen LogP) is 0.320. The molecule has 3 heteroatoms. The average molecular weight is 148 g/mol. The first-order valence-electron chi connectivity index (χ1n) is 3.48. The highest BCUT2D eigenvalue weighted by Crippen LogP contribution is 1.93. The maximum Gasteiger partial charge on any atom is 0.321 e. The molecule has 0 aliphatic heterocycles. The highest BCUT2D eigenvalue weighted by Gasteiger charge is 2.09. The number of benzene rings is 1. The van der Waals surface area contributed by atoms with E-state index in [1.165, 1.54) is 0 Å². The summed E-state index contributed by atoms with van der Waals surface area (Å²) >= 11 is 0. The summed E-state index contributed by atoms with van der Waals surface area (Å²) < 4.78 is 0. The van der Waals surface area contributed by atoms with Gasteiger partial charge in [0.25, 0.3) is 0 Å². The number of carbonyl (C=O) groups is 1. The molecule has 0 aromatic heterocycles. The lowest BCUT2D eigenvalue weighted by Gasteiger charge is -2.02. The minimum atomic E-state index is -0.573. The molecule has 0 saturated heterocycles. The molecule has 1 aromatic carbocycles. The zero-order valence-electron chi connectivity index (χ0n) is 6.32. The van der Waals surface area contributed by atoms with Gasteiger partial charge in [-0.15, -0.1) is 0 Å². The summed E-state index contributed by atoms with van der Waals surface area (Å²) in [4.78, 5) is 10.4. The van der Waals surface area contributed by atoms with Crippen molar-refractivity contribution in [3.8, 4) is 0 Å². The molecule has 11 heavy (non-hydrogen) atoms. The molecule has 1 rings (SSSR count). The molecule has 0 fully saturated rings. The van der Waals surface area contributed by atoms with Crippen LogP contribution in [0.4, 0.5) is 0 Å². The van der Waals surface area contributed by atoms with Crippen LogP contribution < -0.4 is 5.46 Å². The van der Waals surface area contributed by atoms with Crippen LogP contribution in [0, 0.1) is 0 Å². The van der Waals surface area contributed by atoms with Crippen molar-refractivity contribution in [1.29, 1.82) is 0 Å². The van der Waals surface area contributed by atoms with Gasteiger partial charge in [0.1, 0.15) is 6.29 Å². The Kier molecular flexibility index (Phi) is 2.44. The third kappa shape index (κ3) is 1.68. The standard InChI is InChI=1S/C8H9BO2/c1-9(11)8-5-3-2-4-7(8)6-10/h2-6,11H,1H3. The van der Waals surface area contributed by atoms with Gasteiger partial charge in [-0.05, 0) is 5.46 Å². The Hall–Kier alpha value is -1.09. The Morgan fingerprint density at radius 3 is 2.55 bits per heavy atom. The van der Waals surface area contributed by atoms with Gasteiger partial charge in [-0.3, -0.25) is 4.79 Å². The summed E-state index contributed by atoms with van der Waals surface area (Å²) in [7, 11) is 0. The lowest BCUT2D eigenvalue weighted by Crippen LogP contribution is -2.29. The average Bonchev–Trinajstić information content (AvgIpc) is 2.04. The zero-order chi connectivity index (χ0) is 8.27. The summed E-state index contributed by atoms with van der Waals surface area (Å²) in [6, 6.07) is 7.01. The van der Waals surface area contributed by atoms with E-state index in [-0.39, 0.29) is 0 Å². The van der Waals surface area contributed by atoms with Crippen LogP contribution in [-0.4, -0.2) is 18.2 Å². The van der Waals surface area contributed by atoms with Gasteiger partial charge in [0.15, 0.2) is 0 Å². The second-order valence-corrected chi connectivity index (χ2v) is 2.42. The van der Waals surface area contributed by atoms with Gasteiger partial charge >= 0.3 is 6.92 Å². The van der Waals surface area contributed by atoms with E-state index in [9.17, 15) is 9.82 Å². The van der Waals surface area contributed by atoms with E-state index in [1.54, 1.807) is 31.1 Å². The second kappa shape index (κ2) is 3.35. The van der Waals surface area contributed by atoms with Gasteiger partial charge < -0.3 is 5.02 Å². The Morgan fingerprint density at radius 2 is 2.09 bits per heavy atom. The SMILES string of the molecule is CB(O)c1ccccc1C=O. The van der Waals surface area contributed by atoms with E-state index in [1.807, 2.05) is 0 Å². The maximum atomic E-state index is 10.4. The fourth-order valence-electron chi connectivity index (χ4n) is 0.999. The van der Waals surface area contributed by atoms with Crippen molar-refractivity contribution in [3.05, 3.63) is 29.8 Å². The third-order valence-corrected chi connectivity index (χ3v) is 1.57. The van der Waals surface area contributed by atoms with Gasteiger partial charge in [0.2, 0.25) is 0 Å². The van der Waals surface area contributed by atoms with Gasteiger partial charge in [-0.25, -0.2) is 0 Å². The van der Waals surface area contributed by atoms with E-state index in [4.69, 9.17) is 0 Å². The van der Waals surface area contributed by atoms with Crippen molar-refractivity contribution >= 4 is 18.7 Å². The maximum absolute atomic E-state index is 10.4. The molecule has 1 aromatic rings. The Morgan fingerprint density at radius 1 is 1.45 bits per heavy atom. The molecule has 0 aliphatic rings. The summed E-state index contributed by atoms with van der Waals surface area (Å²) in [5.74, 6) is 0. The first kappa shape index (κ1) is 8.02. The Balaban J connectivity index is 3.12. The lowest BCUT2D eigenvalue weighted by molar-refractivity contribution is 0.112. The molecule has 0 spiro atoms. The molecule has 1 N–H and O–H groups in total. The van der Waals surface area contributed by atoms with Crippen LogP contribution in [0.3, 0.4) is 0 Å². The van der Waals surface area contributed by atoms with E-state index < -0.39 is 6.92 Å². The number of carbonyl (C=O) groups excluding carboxylic acids is 1. The van der Waals surface area contributed by atoms with Crippen molar-refractivity contribution < 1.29 is 9.82 Å². The predicted molar refractivity (Wildman–Crippen MR) is 45.3 cm³/mol. The van der Waals surface area contributed by atoms with Crippen molar-refractivity contribution in [1.82, 2.24) is 0 Å². The number of rotatable bonds is 2. The van der Waals surface area contributed by atoms with Gasteiger partial charge in [0, 0.05) is 5.56 Å². The van der Waals surface area contributed by atoms with Crippen LogP contribution in [0.25, 0.3) is 0 Å². The van der Waals surface area contributed by atoms with Crippen LogP contribution in [0.1, 0.15) is 10.4 Å². The summed E-state index contributed by atoms with van der Waals surface area (Å²) in [5.41, 5.74) is 1.24. The minimum absolute atomic E-state index is 0.558. The molecule has 0 unspecified atom stereocenters. The Bertz CT molecular complexity index is 258. The smallest absolute Gasteiger partial charge is 0.321 e. The summed E-state index contributed by atoms with van der Waals surface area (Å²) in [6.07, 6.45) is 0.752. The number of aldehydes is 1. The van der Waals surface area contributed by atoms with Crippen LogP contribution in [-0.2, 0) is 0 Å². The first-order valence-corrected chi connectivity index (χ1v) is 3.48. The highest BCUT2D eigenvalue weighted by molar-refractivity contribution is 6.66. The molecular formula is C8H9BO2. The van der Waals surface area contributed by atoms with Crippen molar-refractivity contribution in [2.24, 2.45) is 0 Å². The minimum Gasteiger partial charge on any atom is -0.446 e. The normalized spacial score (nSPS) is 9.27. The largest absolute Gasteiger partial charge is 0.446 e. The molecule has 0 atom stereocenters. The molecule has 0 aliphatic carbocycles. The van der Waals surface area contributed by atoms with Crippen molar-refractivity contribution in [3.63, 3.8) is 0 Å². The van der Waals surface area contributed by atoms with E-state index >= 15 is 0 Å². The summed E-state index contributed by atoms with van der Waals surface area (Å²) in [6.45, 7) is 1.07. The molecule has 0 heterocycles. The fraction of sp³-hybridized carbons (Fsp3) is 0.125. The molecule has 56 valence electrons. The van der Waals surface area contributed by atoms with Gasteiger partial charge in [0.05, 0.1) is 0 Å². The number of hydrogen-bond donors (Lipinski definition) is 1. The van der Waals surface area contributed by atoms with E-state index in [2.05, 4.69) is 0 Å². The van der Waals surface area contributed by atoms with Crippen molar-refractivity contribution in [2.45, 2.75) is 6.82 Å². The van der Waals surface area contributed by atoms with Gasteiger partial charge in [-0.2, -0.15) is 0 Å². The number of hydrogen-bond acceptors (Lipinski definition) is 2. The first-order chi connectivity index (χ1) is 5.25. The lowest BCUT2D eigenvalue weighted by atomic mass is 9.63. The zero-order valence-corrected chi connectivity index (χ0v) is 6.32. The third-order valence-electron chi connectivity index (χ3n) is 1.57. The highest BCUT2D eigenvalue weighted by atomic mass is 16.2. The Labute approximate surface area is 66.0 Å². The quantitative estimate of drug-likeness (QED) is 0.484. The monoisotopic (exact) mass is 148 g/mol. The van der Waals surface area contributed by atoms with Crippen LogP contribution in [0.2, 0.25) is 6.82 Å². The molecule has 0 saturated carbocycles.